The monoisotopic (exact) mass is 375 g/mol. The summed E-state index contributed by atoms with van der Waals surface area (Å²) in [5.74, 6) is 1.23. The average Bonchev–Trinajstić information content (AvgIpc) is 2.85. The molecule has 1 fully saturated rings. The minimum atomic E-state index is -0.332. The van der Waals surface area contributed by atoms with Gasteiger partial charge in [-0.1, -0.05) is 29.8 Å². The van der Waals surface area contributed by atoms with Crippen LogP contribution < -0.4 is 11.1 Å². The first kappa shape index (κ1) is 18.9. The van der Waals surface area contributed by atoms with Crippen LogP contribution in [0, 0.1) is 5.92 Å². The molecule has 6 nitrogen and oxygen atoms in total. The van der Waals surface area contributed by atoms with Crippen molar-refractivity contribution in [3.05, 3.63) is 47.3 Å². The molecule has 140 valence electrons. The van der Waals surface area contributed by atoms with E-state index in [2.05, 4.69) is 33.4 Å². The second-order valence-electron chi connectivity index (χ2n) is 6.44. The Hall–Kier alpha value is -1.89. The lowest BCUT2D eigenvalue weighted by Gasteiger charge is -2.31. The van der Waals surface area contributed by atoms with Crippen LogP contribution in [0.25, 0.3) is 0 Å². The highest BCUT2D eigenvalue weighted by Gasteiger charge is 2.24. The zero-order chi connectivity index (χ0) is 18.4. The molecule has 3 N–H and O–H groups in total. The first-order valence-corrected chi connectivity index (χ1v) is 9.36. The fourth-order valence-electron chi connectivity index (χ4n) is 3.06. The third kappa shape index (κ3) is 4.84. The van der Waals surface area contributed by atoms with Gasteiger partial charge in [0.05, 0.1) is 24.3 Å². The molecule has 2 heterocycles. The number of nitrogens with zero attached hydrogens (tertiary/aromatic N) is 3. The summed E-state index contributed by atoms with van der Waals surface area (Å²) in [6, 6.07) is -0.332. The summed E-state index contributed by atoms with van der Waals surface area (Å²) in [7, 11) is 1.93. The smallest absolute Gasteiger partial charge is 0.147 e. The molecule has 0 saturated carbocycles. The maximum Gasteiger partial charge on any atom is 0.147 e. The number of likely N-dealkylation sites (N-methyl/N-ethyl adjacent to an activating group) is 1. The SMILES string of the molecule is CNC1=CCC(CN=C(C2=NC=C(Cl)C=CC2N)N2CCOCC2)C=C1. The summed E-state index contributed by atoms with van der Waals surface area (Å²) in [6.07, 6.45) is 12.8. The highest BCUT2D eigenvalue weighted by Crippen LogP contribution is 2.17. The summed E-state index contributed by atoms with van der Waals surface area (Å²) >= 11 is 6.09. The van der Waals surface area contributed by atoms with Crippen molar-refractivity contribution in [2.24, 2.45) is 21.6 Å². The van der Waals surface area contributed by atoms with Crippen LogP contribution in [0.4, 0.5) is 0 Å². The van der Waals surface area contributed by atoms with E-state index in [1.807, 2.05) is 13.1 Å². The number of halogens is 1. The third-order valence-corrected chi connectivity index (χ3v) is 4.82. The second kappa shape index (κ2) is 9.16. The van der Waals surface area contributed by atoms with Crippen molar-refractivity contribution >= 4 is 23.1 Å². The van der Waals surface area contributed by atoms with E-state index in [0.29, 0.717) is 30.7 Å². The number of aliphatic imine (C=N–C) groups is 2. The molecule has 26 heavy (non-hydrogen) atoms. The fraction of sp³-hybridized carbons (Fsp3) is 0.474. The maximum absolute atomic E-state index is 6.31. The van der Waals surface area contributed by atoms with Crippen molar-refractivity contribution < 1.29 is 4.74 Å². The molecule has 3 rings (SSSR count). The van der Waals surface area contributed by atoms with E-state index in [9.17, 15) is 0 Å². The lowest BCUT2D eigenvalue weighted by Crippen LogP contribution is -2.48. The predicted molar refractivity (Wildman–Crippen MR) is 108 cm³/mol. The van der Waals surface area contributed by atoms with Gasteiger partial charge in [0, 0.05) is 44.5 Å². The number of morpholine rings is 1. The molecule has 7 heteroatoms. The number of nitrogens with two attached hydrogens (primary N) is 1. The van der Waals surface area contributed by atoms with Crippen LogP contribution in [0.1, 0.15) is 6.42 Å². The minimum Gasteiger partial charge on any atom is -0.388 e. The molecule has 3 aliphatic rings. The molecule has 0 aromatic heterocycles. The van der Waals surface area contributed by atoms with Gasteiger partial charge in [-0.25, -0.2) is 0 Å². The third-order valence-electron chi connectivity index (χ3n) is 4.60. The van der Waals surface area contributed by atoms with Gasteiger partial charge < -0.3 is 20.7 Å². The molecular formula is C19H26ClN5O. The van der Waals surface area contributed by atoms with Gasteiger partial charge in [-0.3, -0.25) is 9.98 Å². The Labute approximate surface area is 159 Å². The Kier molecular flexibility index (Phi) is 6.66. The van der Waals surface area contributed by atoms with Crippen LogP contribution in [-0.2, 0) is 4.74 Å². The Morgan fingerprint density at radius 3 is 2.88 bits per heavy atom. The average molecular weight is 376 g/mol. The van der Waals surface area contributed by atoms with Crippen molar-refractivity contribution in [3.63, 3.8) is 0 Å². The van der Waals surface area contributed by atoms with Crippen LogP contribution >= 0.6 is 11.6 Å². The molecule has 0 aromatic carbocycles. The van der Waals surface area contributed by atoms with Crippen LogP contribution in [0.2, 0.25) is 0 Å². The summed E-state index contributed by atoms with van der Waals surface area (Å²) in [5.41, 5.74) is 8.22. The van der Waals surface area contributed by atoms with E-state index < -0.39 is 0 Å². The topological polar surface area (TPSA) is 75.2 Å². The van der Waals surface area contributed by atoms with Crippen molar-refractivity contribution in [1.82, 2.24) is 10.2 Å². The maximum atomic E-state index is 6.31. The number of ether oxygens (including phenoxy) is 1. The predicted octanol–water partition coefficient (Wildman–Crippen LogP) is 1.81. The van der Waals surface area contributed by atoms with E-state index in [-0.39, 0.29) is 6.04 Å². The normalized spacial score (nSPS) is 26.8. The quantitative estimate of drug-likeness (QED) is 0.580. The van der Waals surface area contributed by atoms with Gasteiger partial charge in [0.25, 0.3) is 0 Å². The van der Waals surface area contributed by atoms with E-state index in [0.717, 1.165) is 36.8 Å². The van der Waals surface area contributed by atoms with Gasteiger partial charge in [0.1, 0.15) is 11.5 Å². The molecule has 2 unspecified atom stereocenters. The lowest BCUT2D eigenvalue weighted by molar-refractivity contribution is 0.0687. The number of rotatable bonds is 4. The van der Waals surface area contributed by atoms with E-state index in [1.54, 1.807) is 12.3 Å². The van der Waals surface area contributed by atoms with Gasteiger partial charge in [0.15, 0.2) is 0 Å². The Balaban J connectivity index is 1.81. The van der Waals surface area contributed by atoms with Gasteiger partial charge in [-0.2, -0.15) is 0 Å². The van der Waals surface area contributed by atoms with Crippen LogP contribution in [0.5, 0.6) is 0 Å². The van der Waals surface area contributed by atoms with Crippen LogP contribution in [-0.4, -0.2) is 62.4 Å². The minimum absolute atomic E-state index is 0.332. The van der Waals surface area contributed by atoms with Crippen molar-refractivity contribution in [1.29, 1.82) is 0 Å². The molecule has 2 aliphatic heterocycles. The van der Waals surface area contributed by atoms with E-state index >= 15 is 0 Å². The van der Waals surface area contributed by atoms with Gasteiger partial charge in [-0.05, 0) is 18.6 Å². The molecule has 2 atom stereocenters. The van der Waals surface area contributed by atoms with Crippen LogP contribution in [0.15, 0.2) is 57.3 Å². The molecular weight excluding hydrogens is 350 g/mol. The molecule has 1 aliphatic carbocycles. The number of amidine groups is 1. The molecule has 1 saturated heterocycles. The molecule has 0 bridgehead atoms. The number of allylic oxidation sites excluding steroid dienone is 4. The van der Waals surface area contributed by atoms with E-state index in [4.69, 9.17) is 27.1 Å². The highest BCUT2D eigenvalue weighted by molar-refractivity contribution is 6.44. The Morgan fingerprint density at radius 1 is 1.38 bits per heavy atom. The lowest BCUT2D eigenvalue weighted by atomic mass is 9.99. The van der Waals surface area contributed by atoms with E-state index in [1.165, 1.54) is 0 Å². The standard InChI is InChI=1S/C19H26ClN5O/c1-22-16-5-2-14(3-6-16)12-24-19(25-8-10-26-11-9-25)18-17(21)7-4-15(20)13-23-18/h2,4-7,13-14,17,22H,3,8-12,21H2,1H3. The largest absolute Gasteiger partial charge is 0.388 e. The summed E-state index contributed by atoms with van der Waals surface area (Å²) in [6.45, 7) is 3.65. The summed E-state index contributed by atoms with van der Waals surface area (Å²) < 4.78 is 5.48. The fourth-order valence-corrected chi connectivity index (χ4v) is 3.18. The first-order valence-electron chi connectivity index (χ1n) is 8.98. The van der Waals surface area contributed by atoms with Crippen LogP contribution in [0.3, 0.4) is 0 Å². The zero-order valence-electron chi connectivity index (χ0n) is 15.1. The Morgan fingerprint density at radius 2 is 2.19 bits per heavy atom. The number of hydrogen-bond donors (Lipinski definition) is 2. The number of hydrogen-bond acceptors (Lipinski definition) is 5. The second-order valence-corrected chi connectivity index (χ2v) is 6.88. The first-order chi connectivity index (χ1) is 12.7. The highest BCUT2D eigenvalue weighted by atomic mass is 35.5. The molecule has 0 radical (unpaired) electrons. The van der Waals surface area contributed by atoms with Crippen molar-refractivity contribution in [3.8, 4) is 0 Å². The van der Waals surface area contributed by atoms with Crippen molar-refractivity contribution in [2.45, 2.75) is 12.5 Å². The molecule has 0 spiro atoms. The summed E-state index contributed by atoms with van der Waals surface area (Å²) in [5, 5.41) is 3.73. The van der Waals surface area contributed by atoms with Gasteiger partial charge in [-0.15, -0.1) is 0 Å². The zero-order valence-corrected chi connectivity index (χ0v) is 15.8. The molecule has 0 aromatic rings. The van der Waals surface area contributed by atoms with Gasteiger partial charge >= 0.3 is 0 Å². The van der Waals surface area contributed by atoms with Crippen molar-refractivity contribution in [2.75, 3.05) is 39.9 Å². The molecule has 0 amide bonds. The Bertz CT molecular complexity index is 686. The van der Waals surface area contributed by atoms with Gasteiger partial charge in [0.2, 0.25) is 0 Å². The summed E-state index contributed by atoms with van der Waals surface area (Å²) in [4.78, 5) is 11.7. The number of nitrogens with one attached hydrogen (secondary N) is 1.